The van der Waals surface area contributed by atoms with Crippen molar-refractivity contribution < 1.29 is 14.4 Å². The standard InChI is InChI=1S/C15H26N2O3/c1-2-12-5-3-4-6-15(12)19-11-14(18)10-16-9-13-7-8-20-17-13/h7-8,12,14-16,18H,2-6,9-11H2,1H3. The first-order valence-corrected chi connectivity index (χ1v) is 7.69. The van der Waals surface area contributed by atoms with Gasteiger partial charge in [-0.15, -0.1) is 0 Å². The van der Waals surface area contributed by atoms with Crippen LogP contribution in [0.25, 0.3) is 0 Å². The molecule has 1 saturated carbocycles. The van der Waals surface area contributed by atoms with Crippen LogP contribution >= 0.6 is 0 Å². The Hall–Kier alpha value is -0.910. The molecule has 2 N–H and O–H groups in total. The second-order valence-electron chi connectivity index (χ2n) is 5.60. The van der Waals surface area contributed by atoms with Crippen molar-refractivity contribution in [2.24, 2.45) is 5.92 Å². The normalized spacial score (nSPS) is 24.7. The molecule has 20 heavy (non-hydrogen) atoms. The average molecular weight is 282 g/mol. The minimum Gasteiger partial charge on any atom is -0.389 e. The second-order valence-corrected chi connectivity index (χ2v) is 5.60. The van der Waals surface area contributed by atoms with Crippen LogP contribution in [0.2, 0.25) is 0 Å². The predicted molar refractivity (Wildman–Crippen MR) is 76.2 cm³/mol. The van der Waals surface area contributed by atoms with E-state index in [1.807, 2.05) is 6.07 Å². The molecule has 0 radical (unpaired) electrons. The summed E-state index contributed by atoms with van der Waals surface area (Å²) in [7, 11) is 0. The van der Waals surface area contributed by atoms with Crippen LogP contribution < -0.4 is 5.32 Å². The Morgan fingerprint density at radius 3 is 3.10 bits per heavy atom. The van der Waals surface area contributed by atoms with Crippen molar-refractivity contribution in [2.45, 2.75) is 57.8 Å². The number of nitrogens with zero attached hydrogens (tertiary/aromatic N) is 1. The number of aromatic nitrogens is 1. The van der Waals surface area contributed by atoms with Crippen molar-refractivity contribution in [2.75, 3.05) is 13.2 Å². The van der Waals surface area contributed by atoms with E-state index >= 15 is 0 Å². The summed E-state index contributed by atoms with van der Waals surface area (Å²) in [5, 5.41) is 16.9. The van der Waals surface area contributed by atoms with Gasteiger partial charge in [-0.3, -0.25) is 0 Å². The van der Waals surface area contributed by atoms with E-state index in [4.69, 9.17) is 9.26 Å². The van der Waals surface area contributed by atoms with Gasteiger partial charge in [0.25, 0.3) is 0 Å². The molecule has 3 atom stereocenters. The Balaban J connectivity index is 1.60. The lowest BCUT2D eigenvalue weighted by atomic mass is 9.85. The summed E-state index contributed by atoms with van der Waals surface area (Å²) in [6.45, 7) is 3.75. The Labute approximate surface area is 120 Å². The van der Waals surface area contributed by atoms with Crippen molar-refractivity contribution in [1.29, 1.82) is 0 Å². The highest BCUT2D eigenvalue weighted by molar-refractivity contribution is 4.94. The van der Waals surface area contributed by atoms with Gasteiger partial charge < -0.3 is 19.7 Å². The molecule has 3 unspecified atom stereocenters. The minimum absolute atomic E-state index is 0.332. The number of hydrogen-bond acceptors (Lipinski definition) is 5. The molecule has 0 saturated heterocycles. The maximum absolute atomic E-state index is 9.94. The molecule has 0 amide bonds. The van der Waals surface area contributed by atoms with E-state index in [0.29, 0.717) is 31.7 Å². The summed E-state index contributed by atoms with van der Waals surface area (Å²) in [5.74, 6) is 0.666. The number of nitrogens with one attached hydrogen (secondary N) is 1. The lowest BCUT2D eigenvalue weighted by Gasteiger charge is -2.31. The molecule has 1 heterocycles. The van der Waals surface area contributed by atoms with Crippen molar-refractivity contribution in [3.63, 3.8) is 0 Å². The van der Waals surface area contributed by atoms with E-state index < -0.39 is 6.10 Å². The minimum atomic E-state index is -0.471. The molecular weight excluding hydrogens is 256 g/mol. The third-order valence-electron chi connectivity index (χ3n) is 4.04. The van der Waals surface area contributed by atoms with E-state index in [0.717, 1.165) is 12.1 Å². The molecule has 5 heteroatoms. The smallest absolute Gasteiger partial charge is 0.124 e. The highest BCUT2D eigenvalue weighted by Gasteiger charge is 2.24. The van der Waals surface area contributed by atoms with Crippen molar-refractivity contribution in [1.82, 2.24) is 10.5 Å². The molecule has 114 valence electrons. The zero-order chi connectivity index (χ0) is 14.2. The topological polar surface area (TPSA) is 67.5 Å². The van der Waals surface area contributed by atoms with Gasteiger partial charge in [-0.25, -0.2) is 0 Å². The molecule has 2 rings (SSSR count). The zero-order valence-electron chi connectivity index (χ0n) is 12.3. The molecule has 5 nitrogen and oxygen atoms in total. The van der Waals surface area contributed by atoms with Crippen LogP contribution in [-0.2, 0) is 11.3 Å². The highest BCUT2D eigenvalue weighted by Crippen LogP contribution is 2.29. The van der Waals surface area contributed by atoms with Crippen LogP contribution in [-0.4, -0.2) is 35.6 Å². The fourth-order valence-electron chi connectivity index (χ4n) is 2.85. The summed E-state index contributed by atoms with van der Waals surface area (Å²) < 4.78 is 10.7. The SMILES string of the molecule is CCC1CCCCC1OCC(O)CNCc1ccon1. The Morgan fingerprint density at radius 2 is 2.35 bits per heavy atom. The van der Waals surface area contributed by atoms with Gasteiger partial charge in [-0.1, -0.05) is 31.3 Å². The van der Waals surface area contributed by atoms with Gasteiger partial charge in [0.05, 0.1) is 24.5 Å². The van der Waals surface area contributed by atoms with E-state index in [2.05, 4.69) is 17.4 Å². The van der Waals surface area contributed by atoms with Gasteiger partial charge in [-0.2, -0.15) is 0 Å². The van der Waals surface area contributed by atoms with E-state index in [-0.39, 0.29) is 0 Å². The van der Waals surface area contributed by atoms with E-state index in [1.54, 1.807) is 6.26 Å². The first-order chi connectivity index (χ1) is 9.79. The Morgan fingerprint density at radius 1 is 1.50 bits per heavy atom. The molecule has 1 aliphatic carbocycles. The zero-order valence-corrected chi connectivity index (χ0v) is 12.3. The fraction of sp³-hybridized carbons (Fsp3) is 0.800. The summed E-state index contributed by atoms with van der Waals surface area (Å²) >= 11 is 0. The number of rotatable bonds is 8. The van der Waals surface area contributed by atoms with Gasteiger partial charge in [0.15, 0.2) is 0 Å². The highest BCUT2D eigenvalue weighted by atomic mass is 16.5. The van der Waals surface area contributed by atoms with Crippen LogP contribution in [0.4, 0.5) is 0 Å². The van der Waals surface area contributed by atoms with Gasteiger partial charge in [0.2, 0.25) is 0 Å². The fourth-order valence-corrected chi connectivity index (χ4v) is 2.85. The largest absolute Gasteiger partial charge is 0.389 e. The molecule has 0 spiro atoms. The molecule has 1 aliphatic rings. The van der Waals surface area contributed by atoms with Crippen molar-refractivity contribution in [3.05, 3.63) is 18.0 Å². The van der Waals surface area contributed by atoms with Crippen LogP contribution in [0.5, 0.6) is 0 Å². The summed E-state index contributed by atoms with van der Waals surface area (Å²) in [4.78, 5) is 0. The third-order valence-corrected chi connectivity index (χ3v) is 4.04. The van der Waals surface area contributed by atoms with Crippen molar-refractivity contribution in [3.8, 4) is 0 Å². The first kappa shape index (κ1) is 15.5. The molecule has 0 aliphatic heterocycles. The predicted octanol–water partition coefficient (Wildman–Crippen LogP) is 2.11. The molecule has 1 aromatic heterocycles. The summed E-state index contributed by atoms with van der Waals surface area (Å²) in [6.07, 6.45) is 7.55. The molecule has 1 aromatic rings. The van der Waals surface area contributed by atoms with Crippen LogP contribution in [0.15, 0.2) is 16.9 Å². The van der Waals surface area contributed by atoms with Gasteiger partial charge in [0, 0.05) is 19.2 Å². The number of ether oxygens (including phenoxy) is 1. The summed E-state index contributed by atoms with van der Waals surface area (Å²) in [5.41, 5.74) is 0.844. The molecule has 0 bridgehead atoms. The molecular formula is C15H26N2O3. The van der Waals surface area contributed by atoms with E-state index in [9.17, 15) is 5.11 Å². The second kappa shape index (κ2) is 8.39. The van der Waals surface area contributed by atoms with Crippen LogP contribution in [0.3, 0.4) is 0 Å². The van der Waals surface area contributed by atoms with Gasteiger partial charge in [0.1, 0.15) is 6.26 Å². The quantitative estimate of drug-likeness (QED) is 0.764. The van der Waals surface area contributed by atoms with Crippen LogP contribution in [0.1, 0.15) is 44.7 Å². The lowest BCUT2D eigenvalue weighted by Crippen LogP contribution is -2.34. The number of aliphatic hydroxyl groups excluding tert-OH is 1. The number of hydrogen-bond donors (Lipinski definition) is 2. The lowest BCUT2D eigenvalue weighted by molar-refractivity contribution is -0.0499. The van der Waals surface area contributed by atoms with Crippen molar-refractivity contribution >= 4 is 0 Å². The Kier molecular flexibility index (Phi) is 6.50. The third kappa shape index (κ3) is 4.89. The molecule has 1 fully saturated rings. The average Bonchev–Trinajstić information content (AvgIpc) is 2.98. The maximum Gasteiger partial charge on any atom is 0.124 e. The van der Waals surface area contributed by atoms with Gasteiger partial charge in [-0.05, 0) is 18.8 Å². The summed E-state index contributed by atoms with van der Waals surface area (Å²) in [6, 6.07) is 1.81. The Bertz CT molecular complexity index is 356. The van der Waals surface area contributed by atoms with Crippen LogP contribution in [0, 0.1) is 5.92 Å². The van der Waals surface area contributed by atoms with Gasteiger partial charge >= 0.3 is 0 Å². The van der Waals surface area contributed by atoms with E-state index in [1.165, 1.54) is 25.7 Å². The maximum atomic E-state index is 9.94. The number of aliphatic hydroxyl groups is 1. The molecule has 0 aromatic carbocycles. The first-order valence-electron chi connectivity index (χ1n) is 7.69. The monoisotopic (exact) mass is 282 g/mol.